The van der Waals surface area contributed by atoms with Gasteiger partial charge in [-0.15, -0.1) is 0 Å². The maximum atomic E-state index is 5.90. The lowest BCUT2D eigenvalue weighted by atomic mass is 10.2. The van der Waals surface area contributed by atoms with Gasteiger partial charge in [-0.05, 0) is 32.0 Å². The fourth-order valence-electron chi connectivity index (χ4n) is 1.38. The van der Waals surface area contributed by atoms with Crippen LogP contribution in [0, 0.1) is 0 Å². The minimum Gasteiger partial charge on any atom is -0.397 e. The third kappa shape index (κ3) is 2.37. The van der Waals surface area contributed by atoms with Gasteiger partial charge in [0.2, 0.25) is 0 Å². The number of hydrogen-bond acceptors (Lipinski definition) is 2. The molecule has 72 valence electrons. The van der Waals surface area contributed by atoms with Crippen LogP contribution in [0.3, 0.4) is 0 Å². The minimum absolute atomic E-state index is 0.832. The Labute approximate surface area is 87.9 Å². The van der Waals surface area contributed by atoms with Crippen LogP contribution in [-0.2, 0) is 0 Å². The first-order valence-corrected chi connectivity index (χ1v) is 5.28. The van der Waals surface area contributed by atoms with Crippen LogP contribution in [0.2, 0.25) is 0 Å². The molecular weight excluding hydrogens is 228 g/mol. The Bertz CT molecular complexity index is 282. The van der Waals surface area contributed by atoms with Crippen molar-refractivity contribution in [1.82, 2.24) is 0 Å². The highest BCUT2D eigenvalue weighted by Gasteiger charge is 2.05. The summed E-state index contributed by atoms with van der Waals surface area (Å²) in [5.74, 6) is 0. The van der Waals surface area contributed by atoms with Crippen LogP contribution in [0.25, 0.3) is 0 Å². The molecule has 3 heteroatoms. The SMILES string of the molecule is CCN(CC)c1ccc(Br)cc1N. The summed E-state index contributed by atoms with van der Waals surface area (Å²) in [6, 6.07) is 6.00. The van der Waals surface area contributed by atoms with Crippen LogP contribution >= 0.6 is 15.9 Å². The summed E-state index contributed by atoms with van der Waals surface area (Å²) in [7, 11) is 0. The molecule has 0 bridgehead atoms. The molecule has 0 fully saturated rings. The molecule has 0 saturated carbocycles. The zero-order chi connectivity index (χ0) is 9.84. The Hall–Kier alpha value is -0.700. The van der Waals surface area contributed by atoms with Gasteiger partial charge in [0.25, 0.3) is 0 Å². The third-order valence-electron chi connectivity index (χ3n) is 2.09. The molecular formula is C10H15BrN2. The summed E-state index contributed by atoms with van der Waals surface area (Å²) in [5, 5.41) is 0. The highest BCUT2D eigenvalue weighted by Crippen LogP contribution is 2.26. The van der Waals surface area contributed by atoms with E-state index in [1.807, 2.05) is 18.2 Å². The van der Waals surface area contributed by atoms with E-state index in [1.54, 1.807) is 0 Å². The molecule has 1 aromatic carbocycles. The summed E-state index contributed by atoms with van der Waals surface area (Å²) in [6.07, 6.45) is 0. The van der Waals surface area contributed by atoms with E-state index in [-0.39, 0.29) is 0 Å². The zero-order valence-electron chi connectivity index (χ0n) is 8.05. The van der Waals surface area contributed by atoms with Crippen molar-refractivity contribution in [3.63, 3.8) is 0 Å². The van der Waals surface area contributed by atoms with E-state index >= 15 is 0 Å². The predicted octanol–water partition coefficient (Wildman–Crippen LogP) is 2.88. The molecule has 0 atom stereocenters. The summed E-state index contributed by atoms with van der Waals surface area (Å²) in [6.45, 7) is 6.24. The van der Waals surface area contributed by atoms with E-state index in [0.717, 1.165) is 28.9 Å². The molecule has 0 amide bonds. The molecule has 1 rings (SSSR count). The van der Waals surface area contributed by atoms with Crippen molar-refractivity contribution in [2.75, 3.05) is 23.7 Å². The van der Waals surface area contributed by atoms with Crippen molar-refractivity contribution >= 4 is 27.3 Å². The summed E-state index contributed by atoms with van der Waals surface area (Å²) >= 11 is 3.39. The second-order valence-corrected chi connectivity index (χ2v) is 3.79. The van der Waals surface area contributed by atoms with Gasteiger partial charge in [0.05, 0.1) is 11.4 Å². The van der Waals surface area contributed by atoms with Crippen LogP contribution in [0.15, 0.2) is 22.7 Å². The van der Waals surface area contributed by atoms with E-state index in [4.69, 9.17) is 5.73 Å². The maximum absolute atomic E-state index is 5.90. The first-order chi connectivity index (χ1) is 6.19. The first kappa shape index (κ1) is 10.4. The van der Waals surface area contributed by atoms with Crippen LogP contribution in [0.1, 0.15) is 13.8 Å². The van der Waals surface area contributed by atoms with Crippen molar-refractivity contribution < 1.29 is 0 Å². The highest BCUT2D eigenvalue weighted by molar-refractivity contribution is 9.10. The number of hydrogen-bond donors (Lipinski definition) is 1. The molecule has 0 aliphatic heterocycles. The maximum Gasteiger partial charge on any atom is 0.0600 e. The van der Waals surface area contributed by atoms with E-state index in [2.05, 4.69) is 34.7 Å². The molecule has 0 aromatic heterocycles. The van der Waals surface area contributed by atoms with Crippen LogP contribution < -0.4 is 10.6 Å². The monoisotopic (exact) mass is 242 g/mol. The zero-order valence-corrected chi connectivity index (χ0v) is 9.63. The summed E-state index contributed by atoms with van der Waals surface area (Å²) < 4.78 is 1.03. The number of nitrogens with zero attached hydrogens (tertiary/aromatic N) is 1. The molecule has 0 radical (unpaired) electrons. The second-order valence-electron chi connectivity index (χ2n) is 2.88. The van der Waals surface area contributed by atoms with Crippen molar-refractivity contribution in [3.8, 4) is 0 Å². The van der Waals surface area contributed by atoms with E-state index in [1.165, 1.54) is 0 Å². The fourth-order valence-corrected chi connectivity index (χ4v) is 1.76. The average molecular weight is 243 g/mol. The Balaban J connectivity index is 2.99. The number of rotatable bonds is 3. The Morgan fingerprint density at radius 3 is 2.38 bits per heavy atom. The summed E-state index contributed by atoms with van der Waals surface area (Å²) in [4.78, 5) is 2.24. The molecule has 0 spiro atoms. The minimum atomic E-state index is 0.832. The van der Waals surface area contributed by atoms with Crippen molar-refractivity contribution in [1.29, 1.82) is 0 Å². The van der Waals surface area contributed by atoms with Gasteiger partial charge < -0.3 is 10.6 Å². The van der Waals surface area contributed by atoms with Gasteiger partial charge in [-0.1, -0.05) is 15.9 Å². The van der Waals surface area contributed by atoms with Crippen LogP contribution in [-0.4, -0.2) is 13.1 Å². The van der Waals surface area contributed by atoms with Crippen LogP contribution in [0.4, 0.5) is 11.4 Å². The third-order valence-corrected chi connectivity index (χ3v) is 2.59. The lowest BCUT2D eigenvalue weighted by molar-refractivity contribution is 0.867. The van der Waals surface area contributed by atoms with E-state index in [0.29, 0.717) is 0 Å². The smallest absolute Gasteiger partial charge is 0.0600 e. The summed E-state index contributed by atoms with van der Waals surface area (Å²) in [5.41, 5.74) is 7.85. The second kappa shape index (κ2) is 4.51. The largest absolute Gasteiger partial charge is 0.397 e. The quantitative estimate of drug-likeness (QED) is 0.827. The fraction of sp³-hybridized carbons (Fsp3) is 0.400. The molecule has 13 heavy (non-hydrogen) atoms. The van der Waals surface area contributed by atoms with E-state index < -0.39 is 0 Å². The van der Waals surface area contributed by atoms with Gasteiger partial charge in [-0.25, -0.2) is 0 Å². The molecule has 1 aromatic rings. The first-order valence-electron chi connectivity index (χ1n) is 4.49. The number of nitrogen functional groups attached to an aromatic ring is 1. The van der Waals surface area contributed by atoms with Gasteiger partial charge >= 0.3 is 0 Å². The topological polar surface area (TPSA) is 29.3 Å². The molecule has 0 aliphatic carbocycles. The Kier molecular flexibility index (Phi) is 3.60. The lowest BCUT2D eigenvalue weighted by Gasteiger charge is -2.22. The van der Waals surface area contributed by atoms with Gasteiger partial charge in [0.15, 0.2) is 0 Å². The molecule has 2 N–H and O–H groups in total. The van der Waals surface area contributed by atoms with Gasteiger partial charge in [-0.2, -0.15) is 0 Å². The average Bonchev–Trinajstić information content (AvgIpc) is 2.10. The van der Waals surface area contributed by atoms with Gasteiger partial charge in [0, 0.05) is 17.6 Å². The molecule has 0 heterocycles. The Morgan fingerprint density at radius 1 is 1.31 bits per heavy atom. The molecule has 0 unspecified atom stereocenters. The number of nitrogens with two attached hydrogens (primary N) is 1. The lowest BCUT2D eigenvalue weighted by Crippen LogP contribution is -2.22. The standard InChI is InChI=1S/C10H15BrN2/c1-3-13(4-2)10-6-5-8(11)7-9(10)12/h5-7H,3-4,12H2,1-2H3. The van der Waals surface area contributed by atoms with Crippen molar-refractivity contribution in [2.24, 2.45) is 0 Å². The highest BCUT2D eigenvalue weighted by atomic mass is 79.9. The predicted molar refractivity (Wildman–Crippen MR) is 62.1 cm³/mol. The van der Waals surface area contributed by atoms with Crippen molar-refractivity contribution in [2.45, 2.75) is 13.8 Å². The number of anilines is 2. The Morgan fingerprint density at radius 2 is 1.92 bits per heavy atom. The number of halogens is 1. The normalized spacial score (nSPS) is 10.1. The number of benzene rings is 1. The molecule has 2 nitrogen and oxygen atoms in total. The molecule has 0 aliphatic rings. The molecule has 0 saturated heterocycles. The van der Waals surface area contributed by atoms with Gasteiger partial charge in [0.1, 0.15) is 0 Å². The van der Waals surface area contributed by atoms with Crippen LogP contribution in [0.5, 0.6) is 0 Å². The van der Waals surface area contributed by atoms with Crippen molar-refractivity contribution in [3.05, 3.63) is 22.7 Å². The van der Waals surface area contributed by atoms with E-state index in [9.17, 15) is 0 Å². The van der Waals surface area contributed by atoms with Gasteiger partial charge in [-0.3, -0.25) is 0 Å².